The molecule has 0 aromatic heterocycles. The average Bonchev–Trinajstić information content (AvgIpc) is 2.26. The van der Waals surface area contributed by atoms with Crippen LogP contribution in [0.3, 0.4) is 0 Å². The fourth-order valence-electron chi connectivity index (χ4n) is 1.15. The van der Waals surface area contributed by atoms with Crippen molar-refractivity contribution >= 4 is 16.8 Å². The molecule has 1 aromatic carbocycles. The number of hydrogen-bond acceptors (Lipinski definition) is 3. The van der Waals surface area contributed by atoms with Gasteiger partial charge in [-0.3, -0.25) is 4.21 Å². The summed E-state index contributed by atoms with van der Waals surface area (Å²) in [6, 6.07) is 6.27. The summed E-state index contributed by atoms with van der Waals surface area (Å²) in [4.78, 5) is 13.2. The summed E-state index contributed by atoms with van der Waals surface area (Å²) in [5, 5.41) is 8.80. The second kappa shape index (κ2) is 5.77. The highest BCUT2D eigenvalue weighted by atomic mass is 32.2. The highest BCUT2D eigenvalue weighted by Crippen LogP contribution is 2.10. The van der Waals surface area contributed by atoms with Crippen LogP contribution in [0.2, 0.25) is 0 Å². The number of nitrogens with zero attached hydrogens (tertiary/aromatic N) is 1. The Balaban J connectivity index is 2.76. The first-order valence-corrected chi connectivity index (χ1v) is 6.19. The second-order valence-electron chi connectivity index (χ2n) is 3.69. The zero-order valence-electron chi connectivity index (χ0n) is 9.34. The average molecular weight is 241 g/mol. The zero-order chi connectivity index (χ0) is 12.1. The fraction of sp³-hybridized carbons (Fsp3) is 0.364. The summed E-state index contributed by atoms with van der Waals surface area (Å²) in [5.41, 5.74) is 0.177. The van der Waals surface area contributed by atoms with Crippen LogP contribution in [0.4, 0.5) is 0 Å². The molecule has 5 heteroatoms. The lowest BCUT2D eigenvalue weighted by Crippen LogP contribution is -2.19. The number of hydrogen-bond donors (Lipinski definition) is 1. The molecular formula is C11H15NO3S. The van der Waals surface area contributed by atoms with Crippen molar-refractivity contribution in [3.8, 4) is 0 Å². The fourth-order valence-corrected chi connectivity index (χ4v) is 2.41. The standard InChI is InChI=1S/C11H15NO3S/c1-12(2)6-7-16(15)10-5-3-4-9(8-10)11(13)14/h3-5,8H,6-7H2,1-2H3,(H,13,14). The predicted octanol–water partition coefficient (Wildman–Crippen LogP) is 1.05. The van der Waals surface area contributed by atoms with Gasteiger partial charge in [-0.05, 0) is 32.3 Å². The van der Waals surface area contributed by atoms with E-state index in [2.05, 4.69) is 0 Å². The van der Waals surface area contributed by atoms with E-state index in [1.54, 1.807) is 12.1 Å². The Morgan fingerprint density at radius 3 is 2.69 bits per heavy atom. The van der Waals surface area contributed by atoms with Gasteiger partial charge in [0.2, 0.25) is 0 Å². The van der Waals surface area contributed by atoms with Crippen molar-refractivity contribution in [3.05, 3.63) is 29.8 Å². The van der Waals surface area contributed by atoms with Crippen molar-refractivity contribution in [1.29, 1.82) is 0 Å². The van der Waals surface area contributed by atoms with Crippen molar-refractivity contribution in [1.82, 2.24) is 4.90 Å². The molecule has 0 heterocycles. The van der Waals surface area contributed by atoms with Crippen LogP contribution in [-0.4, -0.2) is 46.6 Å². The molecule has 1 N–H and O–H groups in total. The van der Waals surface area contributed by atoms with E-state index in [1.165, 1.54) is 12.1 Å². The summed E-state index contributed by atoms with van der Waals surface area (Å²) in [6.07, 6.45) is 0. The van der Waals surface area contributed by atoms with Crippen LogP contribution >= 0.6 is 0 Å². The quantitative estimate of drug-likeness (QED) is 0.837. The Kier molecular flexibility index (Phi) is 4.64. The SMILES string of the molecule is CN(C)CCS(=O)c1cccc(C(=O)O)c1. The van der Waals surface area contributed by atoms with Crippen LogP contribution in [0.1, 0.15) is 10.4 Å². The van der Waals surface area contributed by atoms with E-state index in [4.69, 9.17) is 5.11 Å². The lowest BCUT2D eigenvalue weighted by Gasteiger charge is -2.09. The Morgan fingerprint density at radius 1 is 1.44 bits per heavy atom. The van der Waals surface area contributed by atoms with E-state index in [-0.39, 0.29) is 5.56 Å². The monoisotopic (exact) mass is 241 g/mol. The number of rotatable bonds is 5. The van der Waals surface area contributed by atoms with Crippen LogP contribution in [0.25, 0.3) is 0 Å². The molecule has 1 unspecified atom stereocenters. The van der Waals surface area contributed by atoms with E-state index in [0.29, 0.717) is 17.2 Å². The lowest BCUT2D eigenvalue weighted by molar-refractivity contribution is 0.0696. The van der Waals surface area contributed by atoms with E-state index in [9.17, 15) is 9.00 Å². The Labute approximate surface area is 97.3 Å². The van der Waals surface area contributed by atoms with E-state index < -0.39 is 16.8 Å². The highest BCUT2D eigenvalue weighted by molar-refractivity contribution is 7.85. The first-order chi connectivity index (χ1) is 7.50. The van der Waals surface area contributed by atoms with Crippen molar-refractivity contribution in [2.24, 2.45) is 0 Å². The third-order valence-corrected chi connectivity index (χ3v) is 3.40. The molecule has 0 bridgehead atoms. The largest absolute Gasteiger partial charge is 0.478 e. The minimum Gasteiger partial charge on any atom is -0.478 e. The highest BCUT2D eigenvalue weighted by Gasteiger charge is 2.08. The van der Waals surface area contributed by atoms with E-state index in [1.807, 2.05) is 19.0 Å². The number of benzene rings is 1. The number of carboxylic acid groups (broad SMARTS) is 1. The minimum absolute atomic E-state index is 0.177. The van der Waals surface area contributed by atoms with Crippen LogP contribution < -0.4 is 0 Å². The molecular weight excluding hydrogens is 226 g/mol. The summed E-state index contributed by atoms with van der Waals surface area (Å²) in [7, 11) is 2.68. The maximum absolute atomic E-state index is 11.8. The number of aromatic carboxylic acids is 1. The molecule has 1 aromatic rings. The molecule has 0 aliphatic heterocycles. The molecule has 0 radical (unpaired) electrons. The Bertz CT molecular complexity index is 404. The van der Waals surface area contributed by atoms with Gasteiger partial charge in [0.05, 0.1) is 16.4 Å². The molecule has 1 atom stereocenters. The van der Waals surface area contributed by atoms with Crippen LogP contribution in [0.15, 0.2) is 29.2 Å². The van der Waals surface area contributed by atoms with Crippen molar-refractivity contribution in [3.63, 3.8) is 0 Å². The van der Waals surface area contributed by atoms with Crippen LogP contribution in [0.5, 0.6) is 0 Å². The second-order valence-corrected chi connectivity index (χ2v) is 5.26. The molecule has 16 heavy (non-hydrogen) atoms. The third-order valence-electron chi connectivity index (χ3n) is 2.07. The van der Waals surface area contributed by atoms with Crippen LogP contribution in [-0.2, 0) is 10.8 Å². The van der Waals surface area contributed by atoms with E-state index >= 15 is 0 Å². The molecule has 4 nitrogen and oxygen atoms in total. The smallest absolute Gasteiger partial charge is 0.335 e. The van der Waals surface area contributed by atoms with Crippen molar-refractivity contribution in [2.45, 2.75) is 4.90 Å². The van der Waals surface area contributed by atoms with Gasteiger partial charge in [0.15, 0.2) is 0 Å². The summed E-state index contributed by atoms with van der Waals surface area (Å²) in [5.74, 6) is -0.484. The lowest BCUT2D eigenvalue weighted by atomic mass is 10.2. The summed E-state index contributed by atoms with van der Waals surface area (Å²) in [6.45, 7) is 0.712. The minimum atomic E-state index is -1.14. The maximum Gasteiger partial charge on any atom is 0.335 e. The van der Waals surface area contributed by atoms with Crippen molar-refractivity contribution in [2.75, 3.05) is 26.4 Å². The molecule has 0 saturated carbocycles. The van der Waals surface area contributed by atoms with Gasteiger partial charge in [0.25, 0.3) is 0 Å². The van der Waals surface area contributed by atoms with Crippen molar-refractivity contribution < 1.29 is 14.1 Å². The summed E-state index contributed by atoms with van der Waals surface area (Å²) >= 11 is 0. The van der Waals surface area contributed by atoms with Gasteiger partial charge in [-0.25, -0.2) is 4.79 Å². The molecule has 0 amide bonds. The zero-order valence-corrected chi connectivity index (χ0v) is 10.2. The Hall–Kier alpha value is -1.20. The normalized spacial score (nSPS) is 12.7. The van der Waals surface area contributed by atoms with Gasteiger partial charge in [-0.1, -0.05) is 6.07 Å². The predicted molar refractivity (Wildman–Crippen MR) is 63.2 cm³/mol. The van der Waals surface area contributed by atoms with Gasteiger partial charge >= 0.3 is 5.97 Å². The van der Waals surface area contributed by atoms with Gasteiger partial charge in [0, 0.05) is 17.2 Å². The number of carboxylic acids is 1. The van der Waals surface area contributed by atoms with Gasteiger partial charge in [-0.2, -0.15) is 0 Å². The Morgan fingerprint density at radius 2 is 2.12 bits per heavy atom. The molecule has 88 valence electrons. The summed E-state index contributed by atoms with van der Waals surface area (Å²) < 4.78 is 11.8. The van der Waals surface area contributed by atoms with Crippen LogP contribution in [0, 0.1) is 0 Å². The molecule has 0 spiro atoms. The third kappa shape index (κ3) is 3.75. The molecule has 1 rings (SSSR count). The molecule has 0 aliphatic carbocycles. The first kappa shape index (κ1) is 12.9. The first-order valence-electron chi connectivity index (χ1n) is 4.87. The molecule has 0 saturated heterocycles. The van der Waals surface area contributed by atoms with Gasteiger partial charge < -0.3 is 10.0 Å². The molecule has 0 aliphatic rings. The number of carbonyl (C=O) groups is 1. The van der Waals surface area contributed by atoms with E-state index in [0.717, 1.165) is 0 Å². The topological polar surface area (TPSA) is 57.6 Å². The molecule has 0 fully saturated rings. The van der Waals surface area contributed by atoms with Gasteiger partial charge in [-0.15, -0.1) is 0 Å². The van der Waals surface area contributed by atoms with Gasteiger partial charge in [0.1, 0.15) is 0 Å². The maximum atomic E-state index is 11.8.